The van der Waals surface area contributed by atoms with Gasteiger partial charge < -0.3 is 20.2 Å². The smallest absolute Gasteiger partial charge is 0.136 e. The van der Waals surface area contributed by atoms with E-state index in [9.17, 15) is 4.79 Å². The van der Waals surface area contributed by atoms with Gasteiger partial charge in [0.15, 0.2) is 0 Å². The van der Waals surface area contributed by atoms with Gasteiger partial charge in [0.2, 0.25) is 0 Å². The lowest BCUT2D eigenvalue weighted by molar-refractivity contribution is -0.109. The SMILES string of the molecule is CN(C)C1=CC(CCN2CC3CC2CO3)NN1CCC(N)C=O. The van der Waals surface area contributed by atoms with E-state index in [4.69, 9.17) is 10.5 Å². The summed E-state index contributed by atoms with van der Waals surface area (Å²) in [5.74, 6) is 1.15. The van der Waals surface area contributed by atoms with Crippen molar-refractivity contribution in [3.05, 3.63) is 11.9 Å². The lowest BCUT2D eigenvalue weighted by atomic mass is 10.2. The predicted molar refractivity (Wildman–Crippen MR) is 88.4 cm³/mol. The summed E-state index contributed by atoms with van der Waals surface area (Å²) in [5, 5.41) is 2.12. The number of rotatable bonds is 8. The van der Waals surface area contributed by atoms with Crippen LogP contribution in [-0.2, 0) is 9.53 Å². The monoisotopic (exact) mass is 323 g/mol. The Bertz CT molecular complexity index is 456. The first-order valence-electron chi connectivity index (χ1n) is 8.56. The number of morpholine rings is 1. The fourth-order valence-corrected chi connectivity index (χ4v) is 3.69. The fourth-order valence-electron chi connectivity index (χ4n) is 3.69. The van der Waals surface area contributed by atoms with Crippen molar-refractivity contribution >= 4 is 6.29 Å². The van der Waals surface area contributed by atoms with Crippen molar-refractivity contribution < 1.29 is 9.53 Å². The molecule has 7 nitrogen and oxygen atoms in total. The Morgan fingerprint density at radius 1 is 1.52 bits per heavy atom. The molecule has 0 amide bonds. The van der Waals surface area contributed by atoms with Crippen LogP contribution < -0.4 is 11.2 Å². The fraction of sp³-hybridized carbons (Fsp3) is 0.812. The zero-order valence-electron chi connectivity index (χ0n) is 14.1. The Hall–Kier alpha value is -1.15. The molecule has 7 heteroatoms. The highest BCUT2D eigenvalue weighted by molar-refractivity contribution is 5.56. The van der Waals surface area contributed by atoms with Crippen molar-refractivity contribution in [3.63, 3.8) is 0 Å². The zero-order valence-corrected chi connectivity index (χ0v) is 14.1. The molecule has 3 aliphatic heterocycles. The van der Waals surface area contributed by atoms with E-state index in [1.54, 1.807) is 0 Å². The molecule has 4 atom stereocenters. The minimum Gasteiger partial charge on any atom is -0.375 e. The third-order valence-electron chi connectivity index (χ3n) is 5.01. The third kappa shape index (κ3) is 3.85. The van der Waals surface area contributed by atoms with Crippen LogP contribution in [0.2, 0.25) is 0 Å². The molecule has 0 aromatic heterocycles. The molecule has 3 heterocycles. The maximum atomic E-state index is 10.7. The second kappa shape index (κ2) is 7.17. The molecule has 3 N–H and O–H groups in total. The second-order valence-electron chi connectivity index (χ2n) is 7.02. The highest BCUT2D eigenvalue weighted by Crippen LogP contribution is 2.28. The number of hydrazine groups is 1. The van der Waals surface area contributed by atoms with E-state index in [-0.39, 0.29) is 6.04 Å². The van der Waals surface area contributed by atoms with Gasteiger partial charge in [-0.1, -0.05) is 0 Å². The Labute approximate surface area is 138 Å². The molecular formula is C16H29N5O2. The molecule has 3 aliphatic rings. The van der Waals surface area contributed by atoms with E-state index in [2.05, 4.69) is 26.3 Å². The highest BCUT2D eigenvalue weighted by atomic mass is 16.5. The average Bonchev–Trinajstić information content (AvgIpc) is 3.25. The standard InChI is InChI=1S/C16H29N5O2/c1-19(2)16-7-13(18-21(16)6-3-12(17)10-22)4-5-20-9-15-8-14(20)11-23-15/h7,10,12-15,18H,3-6,8-9,11,17H2,1-2H3. The number of likely N-dealkylation sites (tertiary alicyclic amines) is 1. The number of nitrogens with one attached hydrogen (secondary N) is 1. The molecule has 4 unspecified atom stereocenters. The molecule has 0 spiro atoms. The molecule has 2 fully saturated rings. The molecular weight excluding hydrogens is 294 g/mol. The van der Waals surface area contributed by atoms with Gasteiger partial charge >= 0.3 is 0 Å². The normalized spacial score (nSPS) is 31.5. The van der Waals surface area contributed by atoms with E-state index in [1.807, 2.05) is 14.1 Å². The summed E-state index contributed by atoms with van der Waals surface area (Å²) in [6.45, 7) is 3.82. The quantitative estimate of drug-likeness (QED) is 0.576. The summed E-state index contributed by atoms with van der Waals surface area (Å²) in [6, 6.07) is 0.569. The minimum atomic E-state index is -0.389. The maximum absolute atomic E-state index is 10.7. The van der Waals surface area contributed by atoms with Gasteiger partial charge in [-0.2, -0.15) is 0 Å². The predicted octanol–water partition coefficient (Wildman–Crippen LogP) is -0.642. The molecule has 0 saturated carbocycles. The van der Waals surface area contributed by atoms with Crippen LogP contribution in [0.25, 0.3) is 0 Å². The third-order valence-corrected chi connectivity index (χ3v) is 5.01. The summed E-state index contributed by atoms with van der Waals surface area (Å²) in [6.07, 6.45) is 6.49. The summed E-state index contributed by atoms with van der Waals surface area (Å²) in [5.41, 5.74) is 9.25. The Morgan fingerprint density at radius 2 is 2.35 bits per heavy atom. The van der Waals surface area contributed by atoms with Crippen molar-refractivity contribution in [2.75, 3.05) is 40.3 Å². The van der Waals surface area contributed by atoms with Crippen LogP contribution >= 0.6 is 0 Å². The van der Waals surface area contributed by atoms with Gasteiger partial charge in [0, 0.05) is 45.8 Å². The van der Waals surface area contributed by atoms with Crippen LogP contribution in [0.4, 0.5) is 0 Å². The van der Waals surface area contributed by atoms with Crippen molar-refractivity contribution in [2.24, 2.45) is 5.73 Å². The van der Waals surface area contributed by atoms with Gasteiger partial charge in [0.05, 0.1) is 18.8 Å². The van der Waals surface area contributed by atoms with Gasteiger partial charge in [-0.05, 0) is 25.3 Å². The largest absolute Gasteiger partial charge is 0.375 e. The molecule has 2 saturated heterocycles. The van der Waals surface area contributed by atoms with Crippen LogP contribution in [0, 0.1) is 0 Å². The first-order valence-corrected chi connectivity index (χ1v) is 8.56. The zero-order chi connectivity index (χ0) is 16.4. The molecule has 3 rings (SSSR count). The van der Waals surface area contributed by atoms with E-state index >= 15 is 0 Å². The molecule has 0 aromatic carbocycles. The molecule has 0 aliphatic carbocycles. The summed E-state index contributed by atoms with van der Waals surface area (Å²) < 4.78 is 5.66. The van der Waals surface area contributed by atoms with E-state index < -0.39 is 0 Å². The molecule has 0 radical (unpaired) electrons. The second-order valence-corrected chi connectivity index (χ2v) is 7.02. The lowest BCUT2D eigenvalue weighted by Crippen LogP contribution is -2.44. The number of ether oxygens (including phenoxy) is 1. The number of nitrogens with two attached hydrogens (primary N) is 1. The molecule has 130 valence electrons. The Balaban J connectivity index is 1.49. The number of aldehydes is 1. The lowest BCUT2D eigenvalue weighted by Gasteiger charge is -2.29. The van der Waals surface area contributed by atoms with E-state index in [0.717, 1.165) is 44.8 Å². The maximum Gasteiger partial charge on any atom is 0.136 e. The molecule has 23 heavy (non-hydrogen) atoms. The van der Waals surface area contributed by atoms with Gasteiger partial charge in [0.1, 0.15) is 12.1 Å². The van der Waals surface area contributed by atoms with Crippen molar-refractivity contribution in [3.8, 4) is 0 Å². The van der Waals surface area contributed by atoms with Crippen LogP contribution in [-0.4, -0.2) is 85.7 Å². The first kappa shape index (κ1) is 16.7. The summed E-state index contributed by atoms with van der Waals surface area (Å²) in [4.78, 5) is 15.4. The number of carbonyl (C=O) groups excluding carboxylic acids is 1. The topological polar surface area (TPSA) is 74.1 Å². The number of hydrogen-bond acceptors (Lipinski definition) is 7. The molecule has 2 bridgehead atoms. The van der Waals surface area contributed by atoms with Crippen LogP contribution in [0.15, 0.2) is 11.9 Å². The average molecular weight is 323 g/mol. The first-order chi connectivity index (χ1) is 11.1. The van der Waals surface area contributed by atoms with E-state index in [0.29, 0.717) is 24.6 Å². The number of fused-ring (bicyclic) bond motifs is 2. The van der Waals surface area contributed by atoms with Crippen LogP contribution in [0.1, 0.15) is 19.3 Å². The van der Waals surface area contributed by atoms with Crippen LogP contribution in [0.5, 0.6) is 0 Å². The van der Waals surface area contributed by atoms with Gasteiger partial charge in [-0.25, -0.2) is 5.43 Å². The van der Waals surface area contributed by atoms with Gasteiger partial charge in [-0.15, -0.1) is 0 Å². The number of carbonyl (C=O) groups is 1. The van der Waals surface area contributed by atoms with Crippen LogP contribution in [0.3, 0.4) is 0 Å². The number of nitrogens with zero attached hydrogens (tertiary/aromatic N) is 3. The molecule has 0 aromatic rings. The van der Waals surface area contributed by atoms with Crippen molar-refractivity contribution in [2.45, 2.75) is 43.5 Å². The van der Waals surface area contributed by atoms with Crippen molar-refractivity contribution in [1.29, 1.82) is 0 Å². The number of hydrogen-bond donors (Lipinski definition) is 2. The summed E-state index contributed by atoms with van der Waals surface area (Å²) >= 11 is 0. The Kier molecular flexibility index (Phi) is 5.21. The van der Waals surface area contributed by atoms with E-state index in [1.165, 1.54) is 6.42 Å². The Morgan fingerprint density at radius 3 is 2.96 bits per heavy atom. The van der Waals surface area contributed by atoms with Gasteiger partial charge in [-0.3, -0.25) is 9.91 Å². The highest BCUT2D eigenvalue weighted by Gasteiger charge is 2.38. The van der Waals surface area contributed by atoms with Crippen molar-refractivity contribution in [1.82, 2.24) is 20.2 Å². The summed E-state index contributed by atoms with van der Waals surface area (Å²) in [7, 11) is 4.08. The van der Waals surface area contributed by atoms with Gasteiger partial charge in [0.25, 0.3) is 0 Å². The minimum absolute atomic E-state index is 0.333.